The van der Waals surface area contributed by atoms with Gasteiger partial charge >= 0.3 is 10.4 Å². The van der Waals surface area contributed by atoms with Gasteiger partial charge in [-0.2, -0.15) is 8.42 Å². The number of aliphatic hydroxyl groups excluding tert-OH is 1. The minimum atomic E-state index is -4.58. The zero-order valence-corrected chi connectivity index (χ0v) is 9.13. The van der Waals surface area contributed by atoms with Gasteiger partial charge in [0.2, 0.25) is 0 Å². The van der Waals surface area contributed by atoms with E-state index in [1.807, 2.05) is 0 Å². The predicted octanol–water partition coefficient (Wildman–Crippen LogP) is 0.246. The van der Waals surface area contributed by atoms with Crippen molar-refractivity contribution >= 4 is 10.4 Å². The lowest BCUT2D eigenvalue weighted by Crippen LogP contribution is -2.28. The van der Waals surface area contributed by atoms with Crippen molar-refractivity contribution in [1.82, 2.24) is 0 Å². The van der Waals surface area contributed by atoms with Gasteiger partial charge in [-0.25, -0.2) is 4.18 Å². The molecule has 7 heteroatoms. The van der Waals surface area contributed by atoms with Crippen LogP contribution in [0.3, 0.4) is 0 Å². The molecule has 2 N–H and O–H groups in total. The van der Waals surface area contributed by atoms with Crippen molar-refractivity contribution in [2.24, 2.45) is 0 Å². The van der Waals surface area contributed by atoms with E-state index >= 15 is 0 Å². The second kappa shape index (κ2) is 5.80. The van der Waals surface area contributed by atoms with Gasteiger partial charge in [-0.05, 0) is 12.1 Å². The second-order valence-electron chi connectivity index (χ2n) is 2.95. The van der Waals surface area contributed by atoms with E-state index in [1.54, 1.807) is 30.3 Å². The van der Waals surface area contributed by atoms with Crippen molar-refractivity contribution < 1.29 is 27.0 Å². The second-order valence-corrected chi connectivity index (χ2v) is 4.00. The molecule has 16 heavy (non-hydrogen) atoms. The molecule has 0 unspecified atom stereocenters. The summed E-state index contributed by atoms with van der Waals surface area (Å²) in [5.41, 5.74) is 0. The molecule has 1 aromatic rings. The van der Waals surface area contributed by atoms with E-state index in [0.29, 0.717) is 5.75 Å². The molecular weight excluding hydrogens is 236 g/mol. The Morgan fingerprint density at radius 3 is 2.38 bits per heavy atom. The first kappa shape index (κ1) is 12.9. The molecule has 0 aromatic heterocycles. The lowest BCUT2D eigenvalue weighted by Gasteiger charge is -2.13. The van der Waals surface area contributed by atoms with E-state index in [9.17, 15) is 8.42 Å². The maximum absolute atomic E-state index is 10.4. The van der Waals surface area contributed by atoms with Crippen LogP contribution in [0.25, 0.3) is 0 Å². The molecule has 0 amide bonds. The van der Waals surface area contributed by atoms with Crippen molar-refractivity contribution in [2.75, 3.05) is 13.2 Å². The third-order valence-corrected chi connectivity index (χ3v) is 2.16. The zero-order valence-electron chi connectivity index (χ0n) is 8.31. The van der Waals surface area contributed by atoms with Gasteiger partial charge in [0.25, 0.3) is 0 Å². The Kier molecular flexibility index (Phi) is 4.69. The Labute approximate surface area is 93.4 Å². The summed E-state index contributed by atoms with van der Waals surface area (Å²) in [6.07, 6.45) is -1.13. The molecule has 0 spiro atoms. The fourth-order valence-corrected chi connectivity index (χ4v) is 1.45. The summed E-state index contributed by atoms with van der Waals surface area (Å²) >= 11 is 0. The lowest BCUT2D eigenvalue weighted by molar-refractivity contribution is 0.0670. The SMILES string of the molecule is O=S(=O)(O)O[C@H](CO)COc1ccccc1. The van der Waals surface area contributed by atoms with Gasteiger partial charge in [-0.15, -0.1) is 0 Å². The molecule has 0 fully saturated rings. The standard InChI is InChI=1S/C9H12O6S/c10-6-9(15-16(11,12)13)7-14-8-4-2-1-3-5-8/h1-5,9-10H,6-7H2,(H,11,12,13)/t9-/m1/s1. The molecule has 6 nitrogen and oxygen atoms in total. The summed E-state index contributed by atoms with van der Waals surface area (Å²) in [6.45, 7) is -0.757. The molecule has 0 saturated heterocycles. The van der Waals surface area contributed by atoms with E-state index in [-0.39, 0.29) is 6.61 Å². The zero-order chi connectivity index (χ0) is 12.0. The molecule has 0 aliphatic carbocycles. The molecule has 90 valence electrons. The largest absolute Gasteiger partial charge is 0.491 e. The van der Waals surface area contributed by atoms with Crippen molar-refractivity contribution in [3.8, 4) is 5.75 Å². The van der Waals surface area contributed by atoms with Crippen molar-refractivity contribution in [1.29, 1.82) is 0 Å². The molecule has 0 bridgehead atoms. The number of benzene rings is 1. The van der Waals surface area contributed by atoms with E-state index in [4.69, 9.17) is 14.4 Å². The summed E-state index contributed by atoms with van der Waals surface area (Å²) < 4.78 is 38.5. The molecule has 1 aromatic carbocycles. The maximum atomic E-state index is 10.4. The van der Waals surface area contributed by atoms with Crippen LogP contribution in [0.5, 0.6) is 5.75 Å². The van der Waals surface area contributed by atoms with Crippen LogP contribution in [0.2, 0.25) is 0 Å². The molecule has 0 aliphatic rings. The molecule has 0 saturated carbocycles. The highest BCUT2D eigenvalue weighted by Crippen LogP contribution is 2.09. The fourth-order valence-electron chi connectivity index (χ4n) is 0.989. The normalized spacial score (nSPS) is 13.4. The Balaban J connectivity index is 2.46. The average Bonchev–Trinajstić information content (AvgIpc) is 2.24. The van der Waals surface area contributed by atoms with Crippen molar-refractivity contribution in [3.63, 3.8) is 0 Å². The molecular formula is C9H12O6S. The smallest absolute Gasteiger partial charge is 0.397 e. The highest BCUT2D eigenvalue weighted by Gasteiger charge is 2.16. The predicted molar refractivity (Wildman–Crippen MR) is 55.4 cm³/mol. The Morgan fingerprint density at radius 2 is 1.88 bits per heavy atom. The van der Waals surface area contributed by atoms with Crippen LogP contribution in [0.4, 0.5) is 0 Å². The highest BCUT2D eigenvalue weighted by molar-refractivity contribution is 7.80. The van der Waals surface area contributed by atoms with Crippen LogP contribution in [0.1, 0.15) is 0 Å². The van der Waals surface area contributed by atoms with Crippen LogP contribution < -0.4 is 4.74 Å². The number of hydrogen-bond acceptors (Lipinski definition) is 5. The Bertz CT molecular complexity index is 401. The van der Waals surface area contributed by atoms with Gasteiger partial charge in [0.1, 0.15) is 18.5 Å². The third-order valence-electron chi connectivity index (χ3n) is 1.64. The average molecular weight is 248 g/mol. The van der Waals surface area contributed by atoms with E-state index in [0.717, 1.165) is 0 Å². The summed E-state index contributed by atoms with van der Waals surface area (Å²) in [6, 6.07) is 8.62. The summed E-state index contributed by atoms with van der Waals surface area (Å²) in [4.78, 5) is 0. The van der Waals surface area contributed by atoms with Gasteiger partial charge in [0, 0.05) is 0 Å². The van der Waals surface area contributed by atoms with E-state index in [1.165, 1.54) is 0 Å². The van der Waals surface area contributed by atoms with E-state index in [2.05, 4.69) is 4.18 Å². The molecule has 0 aliphatic heterocycles. The van der Waals surface area contributed by atoms with Gasteiger partial charge < -0.3 is 9.84 Å². The first-order valence-electron chi connectivity index (χ1n) is 4.45. The first-order chi connectivity index (χ1) is 7.51. The molecule has 1 atom stereocenters. The minimum Gasteiger partial charge on any atom is -0.491 e. The van der Waals surface area contributed by atoms with Crippen LogP contribution in [-0.4, -0.2) is 37.4 Å². The van der Waals surface area contributed by atoms with Gasteiger partial charge in [-0.1, -0.05) is 18.2 Å². The van der Waals surface area contributed by atoms with E-state index < -0.39 is 23.1 Å². The summed E-state index contributed by atoms with van der Waals surface area (Å²) in [5.74, 6) is 0.514. The quantitative estimate of drug-likeness (QED) is 0.701. The maximum Gasteiger partial charge on any atom is 0.397 e. The number of aliphatic hydroxyl groups is 1. The molecule has 0 radical (unpaired) electrons. The topological polar surface area (TPSA) is 93.1 Å². The van der Waals surface area contributed by atoms with Crippen molar-refractivity contribution in [2.45, 2.75) is 6.10 Å². The Morgan fingerprint density at radius 1 is 1.25 bits per heavy atom. The van der Waals surface area contributed by atoms with Gasteiger partial charge in [0.05, 0.1) is 6.61 Å². The van der Waals surface area contributed by atoms with Crippen LogP contribution in [0.15, 0.2) is 30.3 Å². The third kappa shape index (κ3) is 5.08. The van der Waals surface area contributed by atoms with Crippen LogP contribution >= 0.6 is 0 Å². The minimum absolute atomic E-state index is 0.180. The lowest BCUT2D eigenvalue weighted by atomic mass is 10.3. The highest BCUT2D eigenvalue weighted by atomic mass is 32.3. The molecule has 1 rings (SSSR count). The van der Waals surface area contributed by atoms with Gasteiger partial charge in [-0.3, -0.25) is 4.55 Å². The van der Waals surface area contributed by atoms with Crippen LogP contribution in [-0.2, 0) is 14.6 Å². The number of hydrogen-bond donors (Lipinski definition) is 2. The summed E-state index contributed by atoms with van der Waals surface area (Å²) in [7, 11) is -4.58. The number of para-hydroxylation sites is 1. The number of rotatable bonds is 6. The fraction of sp³-hybridized carbons (Fsp3) is 0.333. The molecule has 0 heterocycles. The van der Waals surface area contributed by atoms with Crippen LogP contribution in [0, 0.1) is 0 Å². The number of ether oxygens (including phenoxy) is 1. The van der Waals surface area contributed by atoms with Crippen molar-refractivity contribution in [3.05, 3.63) is 30.3 Å². The van der Waals surface area contributed by atoms with Gasteiger partial charge in [0.15, 0.2) is 0 Å². The monoisotopic (exact) mass is 248 g/mol. The first-order valence-corrected chi connectivity index (χ1v) is 5.82. The Hall–Kier alpha value is -1.15. The summed E-state index contributed by atoms with van der Waals surface area (Å²) in [5, 5.41) is 8.79.